The van der Waals surface area contributed by atoms with Crippen molar-refractivity contribution in [2.24, 2.45) is 5.10 Å². The smallest absolute Gasteiger partial charge is 0.275 e. The molecule has 0 aromatic heterocycles. The summed E-state index contributed by atoms with van der Waals surface area (Å²) in [5, 5.41) is 6.61. The van der Waals surface area contributed by atoms with Crippen LogP contribution in [0.5, 0.6) is 0 Å². The van der Waals surface area contributed by atoms with E-state index in [0.717, 1.165) is 5.56 Å². The van der Waals surface area contributed by atoms with Crippen molar-refractivity contribution in [3.8, 4) is 0 Å². The molecule has 1 N–H and O–H groups in total. The lowest BCUT2D eigenvalue weighted by Crippen LogP contribution is -2.31. The Bertz CT molecular complexity index is 1020. The second-order valence-corrected chi connectivity index (χ2v) is 8.76. The van der Waals surface area contributed by atoms with Gasteiger partial charge >= 0.3 is 15.5 Å². The van der Waals surface area contributed by atoms with Crippen LogP contribution in [0.25, 0.3) is 0 Å². The molecule has 10 heteroatoms. The van der Waals surface area contributed by atoms with Gasteiger partial charge in [-0.3, -0.25) is 9.73 Å². The van der Waals surface area contributed by atoms with E-state index in [1.807, 2.05) is 13.8 Å². The number of para-hydroxylation sites is 1. The minimum atomic E-state index is -5.56. The first-order valence-electron chi connectivity index (χ1n) is 8.62. The van der Waals surface area contributed by atoms with Crippen LogP contribution in [0.2, 0.25) is 5.02 Å². The molecule has 0 saturated heterocycles. The van der Waals surface area contributed by atoms with Crippen LogP contribution in [-0.2, 0) is 10.0 Å². The molecule has 2 rings (SSSR count). The predicted octanol–water partition coefficient (Wildman–Crippen LogP) is 5.55. The molecule has 0 aliphatic rings. The molecule has 0 fully saturated rings. The Morgan fingerprint density at radius 2 is 1.79 bits per heavy atom. The number of anilines is 2. The molecule has 158 valence electrons. The van der Waals surface area contributed by atoms with E-state index in [1.54, 1.807) is 53.9 Å². The summed E-state index contributed by atoms with van der Waals surface area (Å²) in [6.45, 7) is 7.09. The lowest BCUT2D eigenvalue weighted by atomic mass is 10.1. The molecule has 5 nitrogen and oxygen atoms in total. The Kier molecular flexibility index (Phi) is 6.85. The lowest BCUT2D eigenvalue weighted by Gasteiger charge is -2.26. The molecule has 2 aromatic carbocycles. The lowest BCUT2D eigenvalue weighted by molar-refractivity contribution is -0.0429. The van der Waals surface area contributed by atoms with E-state index in [9.17, 15) is 21.6 Å². The number of nitrogens with zero attached hydrogens (tertiary/aromatic N) is 2. The van der Waals surface area contributed by atoms with E-state index in [-0.39, 0.29) is 17.3 Å². The average Bonchev–Trinajstić information content (AvgIpc) is 2.60. The summed E-state index contributed by atoms with van der Waals surface area (Å²) in [6, 6.07) is 11.3. The summed E-state index contributed by atoms with van der Waals surface area (Å²) in [7, 11) is -5.56. The van der Waals surface area contributed by atoms with Gasteiger partial charge in [-0.15, -0.1) is 0 Å². The van der Waals surface area contributed by atoms with Gasteiger partial charge in [0.1, 0.15) is 0 Å². The van der Waals surface area contributed by atoms with Crippen molar-refractivity contribution in [3.63, 3.8) is 0 Å². The van der Waals surface area contributed by atoms with Crippen LogP contribution < -0.4 is 9.73 Å². The second-order valence-electron chi connectivity index (χ2n) is 6.68. The molecule has 2 aromatic rings. The minimum Gasteiger partial charge on any atom is -0.275 e. The number of benzene rings is 2. The van der Waals surface area contributed by atoms with Gasteiger partial charge in [0.25, 0.3) is 0 Å². The van der Waals surface area contributed by atoms with Gasteiger partial charge in [0.2, 0.25) is 0 Å². The van der Waals surface area contributed by atoms with E-state index in [1.165, 1.54) is 12.1 Å². The fraction of sp³-hybridized carbons (Fsp3) is 0.316. The Labute approximate surface area is 173 Å². The van der Waals surface area contributed by atoms with Crippen molar-refractivity contribution < 1.29 is 21.6 Å². The number of hydrogen-bond acceptors (Lipinski definition) is 4. The molecule has 0 unspecified atom stereocenters. The van der Waals surface area contributed by atoms with Gasteiger partial charge in [-0.2, -0.15) is 26.7 Å². The van der Waals surface area contributed by atoms with Crippen LogP contribution in [-0.4, -0.2) is 25.7 Å². The fourth-order valence-corrected chi connectivity index (χ4v) is 3.36. The monoisotopic (exact) mass is 447 g/mol. The summed E-state index contributed by atoms with van der Waals surface area (Å²) >= 11 is 6.26. The van der Waals surface area contributed by atoms with Crippen LogP contribution in [0.4, 0.5) is 24.5 Å². The Morgan fingerprint density at radius 3 is 2.34 bits per heavy atom. The maximum absolute atomic E-state index is 12.8. The number of hydrogen-bond donors (Lipinski definition) is 1. The Balaban J connectivity index is 2.55. The van der Waals surface area contributed by atoms with Crippen LogP contribution in [0, 0.1) is 6.92 Å². The first kappa shape index (κ1) is 23.0. The number of halogens is 4. The highest BCUT2D eigenvalue weighted by Crippen LogP contribution is 2.30. The van der Waals surface area contributed by atoms with E-state index in [2.05, 4.69) is 5.10 Å². The summed E-state index contributed by atoms with van der Waals surface area (Å²) in [4.78, 5) is 0. The molecule has 0 amide bonds. The summed E-state index contributed by atoms with van der Waals surface area (Å²) in [5.74, 6) is 0. The van der Waals surface area contributed by atoms with E-state index >= 15 is 0 Å². The van der Waals surface area contributed by atoms with Crippen molar-refractivity contribution in [1.82, 2.24) is 0 Å². The number of hydrazone groups is 1. The molecule has 0 saturated carbocycles. The molecule has 0 aliphatic carbocycles. The third-order valence-electron chi connectivity index (χ3n) is 3.96. The van der Waals surface area contributed by atoms with E-state index in [4.69, 9.17) is 11.6 Å². The number of alkyl halides is 3. The zero-order valence-electron chi connectivity index (χ0n) is 16.2. The zero-order valence-corrected chi connectivity index (χ0v) is 17.8. The molecule has 0 spiro atoms. The van der Waals surface area contributed by atoms with Gasteiger partial charge in [-0.25, -0.2) is 0 Å². The standard InChI is InChI=1S/C19H21ClF3N3O2S/c1-12(2)26(18-8-6-5-7-16(18)20)24-14(4)15-11-13(3)9-10-17(15)25-29(27,28)19(21,22)23/h5-12,25H,1-4H3/b24-14+. The van der Waals surface area contributed by atoms with E-state index < -0.39 is 15.5 Å². The first-order valence-corrected chi connectivity index (χ1v) is 10.5. The van der Waals surface area contributed by atoms with Gasteiger partial charge in [-0.1, -0.05) is 35.4 Å². The SMILES string of the molecule is C/C(=N\N(c1ccccc1Cl)C(C)C)c1cc(C)ccc1NS(=O)(=O)C(F)(F)F. The third kappa shape index (κ3) is 5.42. The van der Waals surface area contributed by atoms with Crippen molar-refractivity contribution in [3.05, 3.63) is 58.6 Å². The van der Waals surface area contributed by atoms with Gasteiger partial charge in [-0.05, 0) is 52.0 Å². The van der Waals surface area contributed by atoms with Gasteiger partial charge in [0, 0.05) is 11.6 Å². The van der Waals surface area contributed by atoms with Gasteiger partial charge < -0.3 is 0 Å². The van der Waals surface area contributed by atoms with Crippen LogP contribution in [0.1, 0.15) is 31.9 Å². The second kappa shape index (κ2) is 8.62. The maximum atomic E-state index is 12.8. The van der Waals surface area contributed by atoms with Gasteiger partial charge in [0.05, 0.1) is 22.1 Å². The fourth-order valence-electron chi connectivity index (χ4n) is 2.55. The Morgan fingerprint density at radius 1 is 1.17 bits per heavy atom. The molecule has 0 atom stereocenters. The number of aryl methyl sites for hydroxylation is 1. The summed E-state index contributed by atoms with van der Waals surface area (Å²) < 4.78 is 63.2. The van der Waals surface area contributed by atoms with Crippen molar-refractivity contribution in [2.45, 2.75) is 39.2 Å². The molecular weight excluding hydrogens is 427 g/mol. The highest BCUT2D eigenvalue weighted by molar-refractivity contribution is 7.93. The molecule has 0 aliphatic heterocycles. The zero-order chi connectivity index (χ0) is 22.0. The van der Waals surface area contributed by atoms with E-state index in [0.29, 0.717) is 16.4 Å². The molecule has 29 heavy (non-hydrogen) atoms. The van der Waals surface area contributed by atoms with Crippen molar-refractivity contribution in [2.75, 3.05) is 9.73 Å². The molecule has 0 bridgehead atoms. The average molecular weight is 448 g/mol. The highest BCUT2D eigenvalue weighted by atomic mass is 35.5. The van der Waals surface area contributed by atoms with Crippen molar-refractivity contribution in [1.29, 1.82) is 0 Å². The number of nitrogens with one attached hydrogen (secondary N) is 1. The summed E-state index contributed by atoms with van der Waals surface area (Å²) in [5.41, 5.74) is -3.73. The third-order valence-corrected chi connectivity index (χ3v) is 5.38. The van der Waals surface area contributed by atoms with Gasteiger partial charge in [0.15, 0.2) is 0 Å². The number of rotatable bonds is 6. The molecular formula is C19H21ClF3N3O2S. The molecule has 0 radical (unpaired) electrons. The van der Waals surface area contributed by atoms with Crippen LogP contribution in [0.15, 0.2) is 47.6 Å². The quantitative estimate of drug-likeness (QED) is 0.466. The van der Waals surface area contributed by atoms with Crippen LogP contribution in [0.3, 0.4) is 0 Å². The highest BCUT2D eigenvalue weighted by Gasteiger charge is 2.46. The largest absolute Gasteiger partial charge is 0.516 e. The molecule has 0 heterocycles. The maximum Gasteiger partial charge on any atom is 0.516 e. The van der Waals surface area contributed by atoms with Crippen LogP contribution >= 0.6 is 11.6 Å². The predicted molar refractivity (Wildman–Crippen MR) is 111 cm³/mol. The topological polar surface area (TPSA) is 61.8 Å². The minimum absolute atomic E-state index is 0.120. The summed E-state index contributed by atoms with van der Waals surface area (Å²) in [6.07, 6.45) is 0. The normalized spacial score (nSPS) is 12.9. The first-order chi connectivity index (χ1) is 13.3. The Hall–Kier alpha value is -2.26. The number of sulfonamides is 1. The van der Waals surface area contributed by atoms with Crippen molar-refractivity contribution >= 4 is 38.7 Å².